The van der Waals surface area contributed by atoms with Gasteiger partial charge in [0.25, 0.3) is 0 Å². The highest BCUT2D eigenvalue weighted by Gasteiger charge is 2.18. The van der Waals surface area contributed by atoms with Crippen LogP contribution >= 0.6 is 0 Å². The van der Waals surface area contributed by atoms with Gasteiger partial charge in [0, 0.05) is 23.5 Å². The second-order valence-corrected chi connectivity index (χ2v) is 4.31. The quantitative estimate of drug-likeness (QED) is 0.828. The summed E-state index contributed by atoms with van der Waals surface area (Å²) in [5.74, 6) is 0.733. The van der Waals surface area contributed by atoms with E-state index >= 15 is 0 Å². The molecule has 0 amide bonds. The van der Waals surface area contributed by atoms with Gasteiger partial charge in [-0.15, -0.1) is 0 Å². The highest BCUT2D eigenvalue weighted by molar-refractivity contribution is 5.32. The van der Waals surface area contributed by atoms with E-state index in [-0.39, 0.29) is 12.2 Å². The molecule has 84 valence electrons. The second kappa shape index (κ2) is 4.62. The van der Waals surface area contributed by atoms with Crippen LogP contribution in [0.4, 0.5) is 0 Å². The molecule has 1 rings (SSSR count). The Balaban J connectivity index is 2.97. The average molecular weight is 209 g/mol. The van der Waals surface area contributed by atoms with Crippen molar-refractivity contribution in [1.29, 1.82) is 0 Å². The Morgan fingerprint density at radius 2 is 2.13 bits per heavy atom. The topological polar surface area (TPSA) is 42.4 Å². The number of aliphatic hydroxyl groups excluding tert-OH is 1. The van der Waals surface area contributed by atoms with E-state index in [2.05, 4.69) is 11.9 Å². The normalized spacial score (nSPS) is 11.5. The van der Waals surface area contributed by atoms with Gasteiger partial charge in [0.05, 0.1) is 6.61 Å². The van der Waals surface area contributed by atoms with E-state index in [4.69, 9.17) is 9.84 Å². The van der Waals surface area contributed by atoms with Crippen LogP contribution in [0, 0.1) is 6.92 Å². The molecule has 0 unspecified atom stereocenters. The van der Waals surface area contributed by atoms with Crippen molar-refractivity contribution in [3.63, 3.8) is 0 Å². The van der Waals surface area contributed by atoms with Crippen molar-refractivity contribution >= 4 is 0 Å². The number of hydrogen-bond donors (Lipinski definition) is 1. The van der Waals surface area contributed by atoms with Gasteiger partial charge < -0.3 is 9.84 Å². The van der Waals surface area contributed by atoms with Gasteiger partial charge in [0.2, 0.25) is 0 Å². The van der Waals surface area contributed by atoms with Crippen molar-refractivity contribution in [2.45, 2.75) is 46.3 Å². The fourth-order valence-electron chi connectivity index (χ4n) is 1.15. The van der Waals surface area contributed by atoms with Crippen molar-refractivity contribution in [2.24, 2.45) is 0 Å². The molecule has 0 aliphatic carbocycles. The summed E-state index contributed by atoms with van der Waals surface area (Å²) in [7, 11) is 0. The first-order chi connectivity index (χ1) is 6.98. The summed E-state index contributed by atoms with van der Waals surface area (Å²) in [6.07, 6.45) is 2.58. The maximum Gasteiger partial charge on any atom is 0.128 e. The van der Waals surface area contributed by atoms with Crippen LogP contribution in [0.1, 0.15) is 38.4 Å². The molecule has 0 aliphatic heterocycles. The Kier molecular flexibility index (Phi) is 3.69. The molecule has 0 saturated heterocycles. The molecule has 0 radical (unpaired) electrons. The fourth-order valence-corrected chi connectivity index (χ4v) is 1.15. The predicted octanol–water partition coefficient (Wildman–Crippen LogP) is 2.45. The Morgan fingerprint density at radius 1 is 1.47 bits per heavy atom. The molecule has 0 bridgehead atoms. The van der Waals surface area contributed by atoms with E-state index in [1.807, 2.05) is 26.8 Å². The molecular formula is C12H19NO2. The van der Waals surface area contributed by atoms with E-state index in [1.54, 1.807) is 6.20 Å². The van der Waals surface area contributed by atoms with Crippen LogP contribution < -0.4 is 4.74 Å². The molecule has 1 N–H and O–H groups in total. The number of rotatable bonds is 4. The van der Waals surface area contributed by atoms with Crippen LogP contribution in [0.15, 0.2) is 12.3 Å². The molecule has 0 saturated carbocycles. The number of aliphatic hydroxyl groups is 1. The lowest BCUT2D eigenvalue weighted by Gasteiger charge is -2.26. The molecular weight excluding hydrogens is 190 g/mol. The van der Waals surface area contributed by atoms with Crippen LogP contribution in [0.5, 0.6) is 5.75 Å². The molecule has 0 aliphatic rings. The zero-order valence-electron chi connectivity index (χ0n) is 9.87. The SMILES string of the molecule is CCC(C)(C)Oc1cc(C)ncc1CO. The van der Waals surface area contributed by atoms with Crippen LogP contribution in [-0.2, 0) is 6.61 Å². The third kappa shape index (κ3) is 3.20. The maximum absolute atomic E-state index is 9.16. The molecule has 3 heteroatoms. The number of aryl methyl sites for hydroxylation is 1. The van der Waals surface area contributed by atoms with Crippen molar-refractivity contribution < 1.29 is 9.84 Å². The minimum atomic E-state index is -0.211. The van der Waals surface area contributed by atoms with E-state index in [1.165, 1.54) is 0 Å². The van der Waals surface area contributed by atoms with E-state index in [9.17, 15) is 0 Å². The Bertz CT molecular complexity index is 334. The summed E-state index contributed by atoms with van der Waals surface area (Å²) >= 11 is 0. The van der Waals surface area contributed by atoms with Crippen LogP contribution in [0.3, 0.4) is 0 Å². The van der Waals surface area contributed by atoms with Gasteiger partial charge in [0.1, 0.15) is 11.4 Å². The first kappa shape index (κ1) is 12.0. The predicted molar refractivity (Wildman–Crippen MR) is 59.9 cm³/mol. The summed E-state index contributed by atoms with van der Waals surface area (Å²) in [4.78, 5) is 4.13. The summed E-state index contributed by atoms with van der Waals surface area (Å²) in [5.41, 5.74) is 1.42. The van der Waals surface area contributed by atoms with Gasteiger partial charge in [0.15, 0.2) is 0 Å². The first-order valence-corrected chi connectivity index (χ1v) is 5.24. The van der Waals surface area contributed by atoms with Gasteiger partial charge in [-0.3, -0.25) is 4.98 Å². The highest BCUT2D eigenvalue weighted by Crippen LogP contribution is 2.25. The number of ether oxygens (including phenoxy) is 1. The third-order valence-electron chi connectivity index (χ3n) is 2.49. The van der Waals surface area contributed by atoms with Crippen molar-refractivity contribution in [3.05, 3.63) is 23.5 Å². The van der Waals surface area contributed by atoms with E-state index in [0.29, 0.717) is 0 Å². The standard InChI is InChI=1S/C12H19NO2/c1-5-12(3,4)15-11-6-9(2)13-7-10(11)8-14/h6-7,14H,5,8H2,1-4H3. The van der Waals surface area contributed by atoms with Gasteiger partial charge in [-0.1, -0.05) is 6.92 Å². The van der Waals surface area contributed by atoms with Gasteiger partial charge >= 0.3 is 0 Å². The Morgan fingerprint density at radius 3 is 2.67 bits per heavy atom. The third-order valence-corrected chi connectivity index (χ3v) is 2.49. The molecule has 0 fully saturated rings. The van der Waals surface area contributed by atoms with Crippen LogP contribution in [-0.4, -0.2) is 15.7 Å². The van der Waals surface area contributed by atoms with Crippen LogP contribution in [0.2, 0.25) is 0 Å². The number of hydrogen-bond acceptors (Lipinski definition) is 3. The summed E-state index contributed by atoms with van der Waals surface area (Å²) < 4.78 is 5.85. The molecule has 0 spiro atoms. The molecule has 0 atom stereocenters. The number of nitrogens with zero attached hydrogens (tertiary/aromatic N) is 1. The molecule has 1 heterocycles. The number of pyridine rings is 1. The highest BCUT2D eigenvalue weighted by atomic mass is 16.5. The van der Waals surface area contributed by atoms with E-state index < -0.39 is 0 Å². The minimum Gasteiger partial charge on any atom is -0.487 e. The van der Waals surface area contributed by atoms with Crippen molar-refractivity contribution in [2.75, 3.05) is 0 Å². The number of aromatic nitrogens is 1. The monoisotopic (exact) mass is 209 g/mol. The zero-order chi connectivity index (χ0) is 11.5. The van der Waals surface area contributed by atoms with Crippen molar-refractivity contribution in [1.82, 2.24) is 4.98 Å². The molecule has 1 aromatic rings. The molecule has 1 aromatic heterocycles. The summed E-state index contributed by atoms with van der Waals surface area (Å²) in [6, 6.07) is 1.86. The van der Waals surface area contributed by atoms with Crippen molar-refractivity contribution in [3.8, 4) is 5.75 Å². The smallest absolute Gasteiger partial charge is 0.128 e. The summed E-state index contributed by atoms with van der Waals surface area (Å²) in [5, 5.41) is 9.16. The van der Waals surface area contributed by atoms with Gasteiger partial charge in [-0.2, -0.15) is 0 Å². The Hall–Kier alpha value is -1.09. The molecule has 0 aromatic carbocycles. The second-order valence-electron chi connectivity index (χ2n) is 4.31. The Labute approximate surface area is 91.1 Å². The van der Waals surface area contributed by atoms with Crippen LogP contribution in [0.25, 0.3) is 0 Å². The lowest BCUT2D eigenvalue weighted by molar-refractivity contribution is 0.101. The lowest BCUT2D eigenvalue weighted by atomic mass is 10.1. The lowest BCUT2D eigenvalue weighted by Crippen LogP contribution is -2.27. The molecule has 15 heavy (non-hydrogen) atoms. The molecule has 3 nitrogen and oxygen atoms in total. The van der Waals surface area contributed by atoms with E-state index in [0.717, 1.165) is 23.4 Å². The first-order valence-electron chi connectivity index (χ1n) is 5.24. The fraction of sp³-hybridized carbons (Fsp3) is 0.583. The zero-order valence-corrected chi connectivity index (χ0v) is 9.87. The largest absolute Gasteiger partial charge is 0.487 e. The average Bonchev–Trinajstić information content (AvgIpc) is 2.18. The summed E-state index contributed by atoms with van der Waals surface area (Å²) in [6.45, 7) is 8.01. The maximum atomic E-state index is 9.16. The minimum absolute atomic E-state index is 0.0393. The van der Waals surface area contributed by atoms with Gasteiger partial charge in [-0.25, -0.2) is 0 Å². The van der Waals surface area contributed by atoms with Gasteiger partial charge in [-0.05, 0) is 27.2 Å².